The molecule has 0 unspecified atom stereocenters. The average molecular weight is 444 g/mol. The Labute approximate surface area is 193 Å². The first kappa shape index (κ1) is 22.6. The van der Waals surface area contributed by atoms with E-state index in [0.29, 0.717) is 0 Å². The van der Waals surface area contributed by atoms with Crippen LogP contribution in [-0.4, -0.2) is 24.8 Å². The molecule has 0 saturated carbocycles. The van der Waals surface area contributed by atoms with Crippen LogP contribution in [0.3, 0.4) is 0 Å². The zero-order chi connectivity index (χ0) is 22.8. The molecule has 0 amide bonds. The van der Waals surface area contributed by atoms with Crippen molar-refractivity contribution in [3.63, 3.8) is 0 Å². The Morgan fingerprint density at radius 3 is 2.00 bits per heavy atom. The largest absolute Gasteiger partial charge is 0.347 e. The van der Waals surface area contributed by atoms with E-state index in [1.807, 2.05) is 0 Å². The molecule has 1 heterocycles. The minimum atomic E-state index is -2.22. The summed E-state index contributed by atoms with van der Waals surface area (Å²) in [5, 5.41) is 1.29. The van der Waals surface area contributed by atoms with Gasteiger partial charge < -0.3 is 4.90 Å². The van der Waals surface area contributed by atoms with E-state index in [4.69, 9.17) is 4.74 Å². The number of allylic oxidation sites excluding steroid dienone is 1. The lowest BCUT2D eigenvalue weighted by molar-refractivity contribution is 0.508. The number of benzene rings is 3. The lowest BCUT2D eigenvalue weighted by atomic mass is 9.84. The molecule has 0 aliphatic carbocycles. The first-order valence-corrected chi connectivity index (χ1v) is 13.2. The van der Waals surface area contributed by atoms with Gasteiger partial charge in [-0.2, -0.15) is 0 Å². The lowest BCUT2D eigenvalue weighted by Gasteiger charge is -2.36. The summed E-state index contributed by atoms with van der Waals surface area (Å²) >= 11 is 0. The van der Waals surface area contributed by atoms with Gasteiger partial charge in [0, 0.05) is 42.2 Å². The van der Waals surface area contributed by atoms with Crippen LogP contribution in [0.25, 0.3) is 0 Å². The molecule has 32 heavy (non-hydrogen) atoms. The molecule has 0 saturated heterocycles. The van der Waals surface area contributed by atoms with E-state index in [1.54, 1.807) is 0 Å². The van der Waals surface area contributed by atoms with Crippen LogP contribution in [0.4, 0.5) is 11.4 Å². The van der Waals surface area contributed by atoms with Gasteiger partial charge in [0.05, 0.1) is 12.9 Å². The second-order valence-electron chi connectivity index (χ2n) is 8.77. The zero-order valence-corrected chi connectivity index (χ0v) is 20.8. The molecule has 3 nitrogen and oxygen atoms in total. The molecule has 166 valence electrons. The second-order valence-corrected chi connectivity index (χ2v) is 11.6. The highest BCUT2D eigenvalue weighted by molar-refractivity contribution is 7.74. The Kier molecular flexibility index (Phi) is 6.42. The highest BCUT2D eigenvalue weighted by atomic mass is 31.2. The SMILES string of the molecule is CCN(CC)[P@@](/C=C1/N(C)c2ccccc2C1(C)C)(=Nc1ccccc1)c1ccccc1. The van der Waals surface area contributed by atoms with Crippen molar-refractivity contribution >= 4 is 23.9 Å². The van der Waals surface area contributed by atoms with Gasteiger partial charge in [0.25, 0.3) is 0 Å². The molecule has 0 spiro atoms. The molecule has 1 aliphatic rings. The van der Waals surface area contributed by atoms with E-state index in [-0.39, 0.29) is 5.41 Å². The van der Waals surface area contributed by atoms with Crippen molar-refractivity contribution in [2.75, 3.05) is 25.0 Å². The topological polar surface area (TPSA) is 18.8 Å². The molecule has 3 aromatic carbocycles. The average Bonchev–Trinajstić information content (AvgIpc) is 3.01. The Bertz CT molecular complexity index is 1150. The number of hydrogen-bond donors (Lipinski definition) is 0. The molecular weight excluding hydrogens is 409 g/mol. The summed E-state index contributed by atoms with van der Waals surface area (Å²) in [5.74, 6) is 2.52. The van der Waals surface area contributed by atoms with Crippen molar-refractivity contribution in [3.05, 3.63) is 102 Å². The van der Waals surface area contributed by atoms with E-state index in [9.17, 15) is 0 Å². The van der Waals surface area contributed by atoms with Gasteiger partial charge in [-0.3, -0.25) is 4.67 Å². The molecule has 1 aliphatic heterocycles. The molecule has 4 rings (SSSR count). The summed E-state index contributed by atoms with van der Waals surface area (Å²) in [4.78, 5) is 2.37. The number of hydrogen-bond acceptors (Lipinski definition) is 2. The Hall–Kier alpha value is -2.61. The number of anilines is 1. The van der Waals surface area contributed by atoms with Crippen molar-refractivity contribution < 1.29 is 0 Å². The fourth-order valence-corrected chi connectivity index (χ4v) is 8.58. The normalized spacial score (nSPS) is 17.9. The molecule has 0 bridgehead atoms. The van der Waals surface area contributed by atoms with Crippen LogP contribution in [0.5, 0.6) is 0 Å². The maximum Gasteiger partial charge on any atom is 0.0897 e. The first-order valence-electron chi connectivity index (χ1n) is 11.5. The molecule has 1 atom stereocenters. The van der Waals surface area contributed by atoms with Gasteiger partial charge in [-0.05, 0) is 29.6 Å². The summed E-state index contributed by atoms with van der Waals surface area (Å²) in [5.41, 5.74) is 4.92. The molecule has 0 aromatic heterocycles. The van der Waals surface area contributed by atoms with Gasteiger partial charge in [-0.15, -0.1) is 0 Å². The summed E-state index contributed by atoms with van der Waals surface area (Å²) in [7, 11) is -0.0226. The van der Waals surface area contributed by atoms with Gasteiger partial charge in [0.15, 0.2) is 0 Å². The van der Waals surface area contributed by atoms with Gasteiger partial charge in [0.1, 0.15) is 0 Å². The van der Waals surface area contributed by atoms with Gasteiger partial charge in [-0.25, -0.2) is 4.74 Å². The van der Waals surface area contributed by atoms with Crippen molar-refractivity contribution in [2.45, 2.75) is 33.1 Å². The Morgan fingerprint density at radius 2 is 1.41 bits per heavy atom. The second kappa shape index (κ2) is 9.10. The predicted octanol–water partition coefficient (Wildman–Crippen LogP) is 7.37. The van der Waals surface area contributed by atoms with Gasteiger partial charge >= 0.3 is 0 Å². The van der Waals surface area contributed by atoms with Gasteiger partial charge in [-0.1, -0.05) is 94.4 Å². The molecular formula is C28H34N3P. The molecule has 0 radical (unpaired) electrons. The number of fused-ring (bicyclic) bond motifs is 1. The van der Waals surface area contributed by atoms with E-state index in [1.165, 1.54) is 22.3 Å². The highest BCUT2D eigenvalue weighted by Crippen LogP contribution is 2.59. The van der Waals surface area contributed by atoms with E-state index >= 15 is 0 Å². The van der Waals surface area contributed by atoms with E-state index in [0.717, 1.165) is 18.8 Å². The van der Waals surface area contributed by atoms with Crippen LogP contribution < -0.4 is 10.2 Å². The molecule has 3 aromatic rings. The molecule has 0 fully saturated rings. The number of rotatable bonds is 6. The highest BCUT2D eigenvalue weighted by Gasteiger charge is 2.40. The third kappa shape index (κ3) is 3.85. The van der Waals surface area contributed by atoms with Crippen molar-refractivity contribution in [3.8, 4) is 0 Å². The van der Waals surface area contributed by atoms with Crippen LogP contribution >= 0.6 is 7.21 Å². The van der Waals surface area contributed by atoms with Crippen LogP contribution in [0, 0.1) is 0 Å². The minimum absolute atomic E-state index is 0.0925. The van der Waals surface area contributed by atoms with Crippen LogP contribution in [0.1, 0.15) is 33.3 Å². The van der Waals surface area contributed by atoms with E-state index < -0.39 is 7.21 Å². The maximum absolute atomic E-state index is 5.56. The Morgan fingerprint density at radius 1 is 0.844 bits per heavy atom. The Balaban J connectivity index is 2.06. The minimum Gasteiger partial charge on any atom is -0.347 e. The summed E-state index contributed by atoms with van der Waals surface area (Å²) in [6, 6.07) is 30.1. The first-order chi connectivity index (χ1) is 15.4. The van der Waals surface area contributed by atoms with Gasteiger partial charge in [0.2, 0.25) is 0 Å². The van der Waals surface area contributed by atoms with Crippen molar-refractivity contribution in [1.29, 1.82) is 0 Å². The number of likely N-dealkylation sites (N-methyl/N-ethyl adjacent to an activating group) is 1. The third-order valence-corrected chi connectivity index (χ3v) is 10.2. The standard InChI is InChI=1S/C28H34N3P/c1-6-31(7-2)32(24-18-12-9-13-19-24,29-23-16-10-8-11-17-23)22-27-28(3,4)25-20-14-15-21-26(25)30(27)5/h8-22H,6-7H2,1-5H3/b27-22+/t32-/m1/s1. The number of nitrogens with zero attached hydrogens (tertiary/aromatic N) is 3. The molecule has 4 heteroatoms. The van der Waals surface area contributed by atoms with Crippen LogP contribution in [0.2, 0.25) is 0 Å². The lowest BCUT2D eigenvalue weighted by Crippen LogP contribution is -2.28. The fraction of sp³-hybridized carbons (Fsp3) is 0.286. The predicted molar refractivity (Wildman–Crippen MR) is 140 cm³/mol. The zero-order valence-electron chi connectivity index (χ0n) is 19.9. The van der Waals surface area contributed by atoms with E-state index in [2.05, 4.69) is 135 Å². The van der Waals surface area contributed by atoms with Crippen LogP contribution in [-0.2, 0) is 5.41 Å². The van der Waals surface area contributed by atoms with Crippen LogP contribution in [0.15, 0.2) is 101 Å². The number of para-hydroxylation sites is 1. The van der Waals surface area contributed by atoms with Crippen molar-refractivity contribution in [2.24, 2.45) is 4.74 Å². The fourth-order valence-electron chi connectivity index (χ4n) is 4.84. The summed E-state index contributed by atoms with van der Waals surface area (Å²) in [6.45, 7) is 11.1. The quantitative estimate of drug-likeness (QED) is 0.370. The maximum atomic E-state index is 5.56. The van der Waals surface area contributed by atoms with Crippen molar-refractivity contribution in [1.82, 2.24) is 4.67 Å². The smallest absolute Gasteiger partial charge is 0.0897 e. The molecule has 0 N–H and O–H groups in total. The monoisotopic (exact) mass is 443 g/mol. The summed E-state index contributed by atoms with van der Waals surface area (Å²) < 4.78 is 8.13. The summed E-state index contributed by atoms with van der Waals surface area (Å²) in [6.07, 6.45) is 0. The third-order valence-electron chi connectivity index (χ3n) is 6.56.